The maximum atomic E-state index is 12.8. The standard InChI is InChI=1S/C16H16N4O/c17-10-14-19-16(6-2-7-16)15(21)20(14)12-5-4-11-3-1-8-18-13(11)9-12/h1,3-5,8-9H,2,6-7,10,17H2/p+1. The summed E-state index contributed by atoms with van der Waals surface area (Å²) in [5.74, 6) is 0.873. The number of anilines is 1. The zero-order chi connectivity index (χ0) is 14.4. The number of amidine groups is 1. The molecule has 0 bridgehead atoms. The highest BCUT2D eigenvalue weighted by Gasteiger charge is 2.52. The van der Waals surface area contributed by atoms with Crippen molar-refractivity contribution in [3.63, 3.8) is 0 Å². The normalized spacial score (nSPS) is 20.0. The predicted octanol–water partition coefficient (Wildman–Crippen LogP) is 1.14. The molecule has 4 rings (SSSR count). The summed E-state index contributed by atoms with van der Waals surface area (Å²) in [6.07, 6.45) is 4.56. The van der Waals surface area contributed by atoms with Crippen LogP contribution in [0.1, 0.15) is 19.3 Å². The van der Waals surface area contributed by atoms with Gasteiger partial charge in [-0.15, -0.1) is 0 Å². The Bertz CT molecular complexity index is 764. The van der Waals surface area contributed by atoms with E-state index in [1.54, 1.807) is 11.1 Å². The summed E-state index contributed by atoms with van der Waals surface area (Å²) < 4.78 is 0. The Labute approximate surface area is 122 Å². The number of carbonyl (C=O) groups excluding carboxylic acids is 1. The number of fused-ring (bicyclic) bond motifs is 1. The van der Waals surface area contributed by atoms with E-state index in [2.05, 4.69) is 15.7 Å². The fraction of sp³-hybridized carbons (Fsp3) is 0.312. The number of hydrogen-bond acceptors (Lipinski definition) is 3. The van der Waals surface area contributed by atoms with E-state index >= 15 is 0 Å². The Morgan fingerprint density at radius 3 is 2.86 bits per heavy atom. The second-order valence-corrected chi connectivity index (χ2v) is 5.68. The van der Waals surface area contributed by atoms with Crippen molar-refractivity contribution in [1.29, 1.82) is 0 Å². The van der Waals surface area contributed by atoms with Gasteiger partial charge in [0.05, 0.1) is 11.2 Å². The minimum Gasteiger partial charge on any atom is -0.351 e. The maximum absolute atomic E-state index is 12.8. The fourth-order valence-electron chi connectivity index (χ4n) is 3.14. The number of benzene rings is 1. The Morgan fingerprint density at radius 1 is 1.29 bits per heavy atom. The van der Waals surface area contributed by atoms with Gasteiger partial charge in [0.25, 0.3) is 5.91 Å². The van der Waals surface area contributed by atoms with Crippen LogP contribution in [-0.2, 0) is 4.79 Å². The Kier molecular flexibility index (Phi) is 2.59. The molecule has 21 heavy (non-hydrogen) atoms. The molecule has 2 heterocycles. The molecule has 0 saturated heterocycles. The molecule has 1 amide bonds. The van der Waals surface area contributed by atoms with Crippen LogP contribution in [0.2, 0.25) is 0 Å². The molecule has 1 aliphatic heterocycles. The molecule has 1 aromatic heterocycles. The van der Waals surface area contributed by atoms with E-state index in [9.17, 15) is 4.79 Å². The lowest BCUT2D eigenvalue weighted by Gasteiger charge is -2.33. The molecule has 1 fully saturated rings. The monoisotopic (exact) mass is 281 g/mol. The summed E-state index contributed by atoms with van der Waals surface area (Å²) in [6, 6.07) is 9.84. The van der Waals surface area contributed by atoms with Crippen molar-refractivity contribution in [2.75, 3.05) is 11.4 Å². The second-order valence-electron chi connectivity index (χ2n) is 5.68. The lowest BCUT2D eigenvalue weighted by Crippen LogP contribution is -2.58. The Hall–Kier alpha value is -2.27. The SMILES string of the molecule is [NH3+]CC1=NC2(CCC2)C(=O)N1c1ccc2cccnc2c1. The number of aliphatic imine (C=N–C) groups is 1. The minimum atomic E-state index is -0.494. The molecule has 1 aromatic carbocycles. The van der Waals surface area contributed by atoms with Crippen LogP contribution in [0.4, 0.5) is 5.69 Å². The summed E-state index contributed by atoms with van der Waals surface area (Å²) in [5, 5.41) is 1.07. The molecule has 2 aliphatic rings. The molecule has 3 N–H and O–H groups in total. The van der Waals surface area contributed by atoms with Gasteiger partial charge in [-0.1, -0.05) is 12.1 Å². The third kappa shape index (κ3) is 1.70. The quantitative estimate of drug-likeness (QED) is 0.896. The molecule has 106 valence electrons. The van der Waals surface area contributed by atoms with Crippen LogP contribution in [-0.4, -0.2) is 28.8 Å². The number of hydrogen-bond donors (Lipinski definition) is 1. The molecule has 0 radical (unpaired) electrons. The Morgan fingerprint density at radius 2 is 2.14 bits per heavy atom. The highest BCUT2D eigenvalue weighted by molar-refractivity contribution is 6.25. The Balaban J connectivity index is 1.80. The summed E-state index contributed by atoms with van der Waals surface area (Å²) in [7, 11) is 0. The first-order chi connectivity index (χ1) is 10.2. The topological polar surface area (TPSA) is 73.2 Å². The lowest BCUT2D eigenvalue weighted by molar-refractivity contribution is -0.346. The van der Waals surface area contributed by atoms with E-state index in [1.165, 1.54) is 0 Å². The second kappa shape index (κ2) is 4.36. The first-order valence-corrected chi connectivity index (χ1v) is 7.31. The molecule has 1 aliphatic carbocycles. The molecule has 1 saturated carbocycles. The van der Waals surface area contributed by atoms with Crippen LogP contribution >= 0.6 is 0 Å². The van der Waals surface area contributed by atoms with E-state index in [-0.39, 0.29) is 5.91 Å². The van der Waals surface area contributed by atoms with Gasteiger partial charge in [-0.25, -0.2) is 4.99 Å². The fourth-order valence-corrected chi connectivity index (χ4v) is 3.14. The summed E-state index contributed by atoms with van der Waals surface area (Å²) in [6.45, 7) is 0.522. The van der Waals surface area contributed by atoms with Gasteiger partial charge in [0.1, 0.15) is 12.1 Å². The lowest BCUT2D eigenvalue weighted by atomic mass is 9.77. The van der Waals surface area contributed by atoms with Crippen LogP contribution in [0.3, 0.4) is 0 Å². The smallest absolute Gasteiger partial charge is 0.260 e. The average Bonchev–Trinajstić information content (AvgIpc) is 2.79. The van der Waals surface area contributed by atoms with E-state index < -0.39 is 5.54 Å². The zero-order valence-corrected chi connectivity index (χ0v) is 11.7. The van der Waals surface area contributed by atoms with Crippen molar-refractivity contribution in [1.82, 2.24) is 4.98 Å². The van der Waals surface area contributed by atoms with Gasteiger partial charge >= 0.3 is 0 Å². The van der Waals surface area contributed by atoms with Gasteiger partial charge in [-0.2, -0.15) is 0 Å². The number of quaternary nitrogens is 1. The number of carbonyl (C=O) groups is 1. The number of rotatable bonds is 2. The zero-order valence-electron chi connectivity index (χ0n) is 11.7. The van der Waals surface area contributed by atoms with Crippen LogP contribution in [0.25, 0.3) is 10.9 Å². The number of nitrogens with zero attached hydrogens (tertiary/aromatic N) is 3. The largest absolute Gasteiger partial charge is 0.351 e. The van der Waals surface area contributed by atoms with E-state index in [0.717, 1.165) is 41.7 Å². The van der Waals surface area contributed by atoms with Crippen molar-refractivity contribution >= 4 is 28.3 Å². The van der Waals surface area contributed by atoms with Gasteiger partial charge in [0.15, 0.2) is 5.84 Å². The third-order valence-corrected chi connectivity index (χ3v) is 4.45. The van der Waals surface area contributed by atoms with Crippen molar-refractivity contribution < 1.29 is 10.5 Å². The van der Waals surface area contributed by atoms with Crippen molar-refractivity contribution in [2.45, 2.75) is 24.8 Å². The van der Waals surface area contributed by atoms with Crippen LogP contribution in [0.5, 0.6) is 0 Å². The van der Waals surface area contributed by atoms with Gasteiger partial charge < -0.3 is 5.73 Å². The summed E-state index contributed by atoms with van der Waals surface area (Å²) in [4.78, 5) is 23.6. The van der Waals surface area contributed by atoms with Crippen molar-refractivity contribution in [2.24, 2.45) is 4.99 Å². The molecule has 0 atom stereocenters. The van der Waals surface area contributed by atoms with Crippen molar-refractivity contribution in [3.8, 4) is 0 Å². The average molecular weight is 281 g/mol. The highest BCUT2D eigenvalue weighted by atomic mass is 16.2. The molecular weight excluding hydrogens is 264 g/mol. The van der Waals surface area contributed by atoms with Gasteiger partial charge in [0, 0.05) is 11.6 Å². The third-order valence-electron chi connectivity index (χ3n) is 4.45. The van der Waals surface area contributed by atoms with Gasteiger partial charge in [-0.3, -0.25) is 14.7 Å². The van der Waals surface area contributed by atoms with E-state index in [1.807, 2.05) is 30.3 Å². The van der Waals surface area contributed by atoms with Gasteiger partial charge in [-0.05, 0) is 37.5 Å². The summed E-state index contributed by atoms with van der Waals surface area (Å²) >= 11 is 0. The van der Waals surface area contributed by atoms with E-state index in [0.29, 0.717) is 6.54 Å². The van der Waals surface area contributed by atoms with Crippen LogP contribution in [0, 0.1) is 0 Å². The first-order valence-electron chi connectivity index (χ1n) is 7.31. The van der Waals surface area contributed by atoms with Gasteiger partial charge in [0.2, 0.25) is 0 Å². The maximum Gasteiger partial charge on any atom is 0.260 e. The van der Waals surface area contributed by atoms with Crippen molar-refractivity contribution in [3.05, 3.63) is 36.5 Å². The number of pyridine rings is 1. The minimum absolute atomic E-state index is 0.0997. The molecule has 5 nitrogen and oxygen atoms in total. The number of aromatic nitrogens is 1. The molecule has 1 spiro atoms. The van der Waals surface area contributed by atoms with E-state index in [4.69, 9.17) is 0 Å². The number of amides is 1. The van der Waals surface area contributed by atoms with Crippen LogP contribution in [0.15, 0.2) is 41.5 Å². The predicted molar refractivity (Wildman–Crippen MR) is 81.0 cm³/mol. The highest BCUT2D eigenvalue weighted by Crippen LogP contribution is 2.42. The summed E-state index contributed by atoms with van der Waals surface area (Å²) in [5.41, 5.74) is 5.16. The van der Waals surface area contributed by atoms with Crippen LogP contribution < -0.4 is 10.6 Å². The molecule has 2 aromatic rings. The molecule has 5 heteroatoms. The molecular formula is C16H17N4O+. The molecule has 0 unspecified atom stereocenters. The first kappa shape index (κ1) is 12.5.